The summed E-state index contributed by atoms with van der Waals surface area (Å²) in [5.41, 5.74) is 6.37. The summed E-state index contributed by atoms with van der Waals surface area (Å²) in [6, 6.07) is 1.53. The molecule has 2 rings (SSSR count). The number of aliphatic carboxylic acids is 1. The van der Waals surface area contributed by atoms with Gasteiger partial charge in [-0.25, -0.2) is 9.50 Å². The quantitative estimate of drug-likeness (QED) is 0.772. The number of hydrogen-bond acceptors (Lipinski definition) is 5. The highest BCUT2D eigenvalue weighted by Crippen LogP contribution is 2.23. The number of pyridine rings is 1. The predicted molar refractivity (Wildman–Crippen MR) is 86.9 cm³/mol. The summed E-state index contributed by atoms with van der Waals surface area (Å²) >= 11 is 0. The largest absolute Gasteiger partial charge is 0.507 e. The van der Waals surface area contributed by atoms with E-state index >= 15 is 0 Å². The van der Waals surface area contributed by atoms with Crippen molar-refractivity contribution in [3.63, 3.8) is 0 Å². The van der Waals surface area contributed by atoms with E-state index in [1.165, 1.54) is 12.4 Å². The molecule has 0 saturated carbocycles. The average molecular weight is 345 g/mol. The summed E-state index contributed by atoms with van der Waals surface area (Å²) in [4.78, 5) is 24.3. The summed E-state index contributed by atoms with van der Waals surface area (Å²) < 4.78 is 1.56. The van der Waals surface area contributed by atoms with E-state index in [4.69, 9.17) is 15.6 Å². The van der Waals surface area contributed by atoms with Crippen molar-refractivity contribution in [1.29, 1.82) is 0 Å². The normalized spacial score (nSPS) is 9.91. The minimum Gasteiger partial charge on any atom is -0.507 e. The predicted octanol–water partition coefficient (Wildman–Crippen LogP) is 1.64. The van der Waals surface area contributed by atoms with Gasteiger partial charge >= 0.3 is 0 Å². The monoisotopic (exact) mass is 344 g/mol. The van der Waals surface area contributed by atoms with Gasteiger partial charge in [0.1, 0.15) is 17.6 Å². The van der Waals surface area contributed by atoms with E-state index in [2.05, 4.69) is 23.9 Å². The number of aromatic nitrogens is 3. The Morgan fingerprint density at radius 1 is 1.39 bits per heavy atom. The highest BCUT2D eigenvalue weighted by atomic mass is 35.5. The van der Waals surface area contributed by atoms with Crippen molar-refractivity contribution >= 4 is 29.9 Å². The smallest absolute Gasteiger partial charge is 0.300 e. The maximum absolute atomic E-state index is 11.3. The van der Waals surface area contributed by atoms with Gasteiger partial charge < -0.3 is 15.9 Å². The number of nitrogens with zero attached hydrogens (tertiary/aromatic N) is 3. The van der Waals surface area contributed by atoms with E-state index in [-0.39, 0.29) is 23.7 Å². The zero-order chi connectivity index (χ0) is 16.9. The molecule has 0 aliphatic carbocycles. The molecule has 128 valence electrons. The molecule has 0 aliphatic rings. The molecule has 23 heavy (non-hydrogen) atoms. The van der Waals surface area contributed by atoms with Gasteiger partial charge in [-0.15, -0.1) is 12.4 Å². The lowest BCUT2D eigenvalue weighted by molar-refractivity contribution is -0.134. The molecule has 0 spiro atoms. The first-order valence-corrected chi connectivity index (χ1v) is 6.78. The SMILES string of the molecule is CC(=O)O.CC(C)CCc1cc(O)c(C(N)=O)c2ncnn12.Cl. The lowest BCUT2D eigenvalue weighted by atomic mass is 10.1. The van der Waals surface area contributed by atoms with Crippen molar-refractivity contribution in [1.82, 2.24) is 14.6 Å². The van der Waals surface area contributed by atoms with Crippen LogP contribution in [0.2, 0.25) is 0 Å². The van der Waals surface area contributed by atoms with Gasteiger partial charge in [-0.3, -0.25) is 9.59 Å². The van der Waals surface area contributed by atoms with Crippen molar-refractivity contribution in [2.75, 3.05) is 0 Å². The van der Waals surface area contributed by atoms with Crippen molar-refractivity contribution in [2.45, 2.75) is 33.6 Å². The molecule has 1 amide bonds. The van der Waals surface area contributed by atoms with Gasteiger partial charge in [0.05, 0.1) is 0 Å². The van der Waals surface area contributed by atoms with Crippen molar-refractivity contribution in [3.05, 3.63) is 23.7 Å². The fourth-order valence-electron chi connectivity index (χ4n) is 1.88. The summed E-state index contributed by atoms with van der Waals surface area (Å²) in [6.07, 6.45) is 3.06. The first kappa shape index (κ1) is 20.6. The fourth-order valence-corrected chi connectivity index (χ4v) is 1.88. The minimum absolute atomic E-state index is 0. The summed E-state index contributed by atoms with van der Waals surface area (Å²) in [5, 5.41) is 21.3. The Morgan fingerprint density at radius 2 is 1.96 bits per heavy atom. The maximum Gasteiger partial charge on any atom is 0.300 e. The van der Waals surface area contributed by atoms with E-state index < -0.39 is 11.9 Å². The third-order valence-electron chi connectivity index (χ3n) is 2.83. The molecule has 0 bridgehead atoms. The molecule has 0 atom stereocenters. The maximum atomic E-state index is 11.3. The minimum atomic E-state index is -0.833. The number of fused-ring (bicyclic) bond motifs is 1. The number of carbonyl (C=O) groups excluding carboxylic acids is 1. The van der Waals surface area contributed by atoms with Crippen LogP contribution >= 0.6 is 12.4 Å². The fraction of sp³-hybridized carbons (Fsp3) is 0.429. The number of carbonyl (C=O) groups is 2. The molecule has 0 unspecified atom stereocenters. The Kier molecular flexibility index (Phi) is 8.03. The van der Waals surface area contributed by atoms with Crippen LogP contribution in [0.5, 0.6) is 5.75 Å². The second-order valence-electron chi connectivity index (χ2n) is 5.21. The van der Waals surface area contributed by atoms with Gasteiger partial charge in [-0.2, -0.15) is 5.10 Å². The number of rotatable bonds is 4. The molecule has 0 radical (unpaired) electrons. The second kappa shape index (κ2) is 8.94. The van der Waals surface area contributed by atoms with Crippen LogP contribution in [-0.2, 0) is 11.2 Å². The Hall–Kier alpha value is -2.35. The molecule has 8 nitrogen and oxygen atoms in total. The highest BCUT2D eigenvalue weighted by Gasteiger charge is 2.17. The van der Waals surface area contributed by atoms with Crippen LogP contribution < -0.4 is 5.73 Å². The van der Waals surface area contributed by atoms with Gasteiger partial charge in [0, 0.05) is 18.7 Å². The van der Waals surface area contributed by atoms with Crippen LogP contribution in [0.1, 0.15) is 43.2 Å². The third kappa shape index (κ3) is 5.74. The van der Waals surface area contributed by atoms with Gasteiger partial charge in [0.15, 0.2) is 5.65 Å². The topological polar surface area (TPSA) is 131 Å². The summed E-state index contributed by atoms with van der Waals surface area (Å²) in [5.74, 6) is -1.14. The van der Waals surface area contributed by atoms with E-state index in [0.29, 0.717) is 11.6 Å². The van der Waals surface area contributed by atoms with Crippen molar-refractivity contribution < 1.29 is 19.8 Å². The molecule has 0 aliphatic heterocycles. The number of hydrogen-bond donors (Lipinski definition) is 3. The number of carboxylic acids is 1. The summed E-state index contributed by atoms with van der Waals surface area (Å²) in [6.45, 7) is 5.33. The van der Waals surface area contributed by atoms with Crippen LogP contribution in [0.3, 0.4) is 0 Å². The Bertz CT molecular complexity index is 681. The van der Waals surface area contributed by atoms with E-state index in [1.54, 1.807) is 4.52 Å². The number of halogens is 1. The van der Waals surface area contributed by atoms with Crippen LogP contribution in [0.4, 0.5) is 0 Å². The number of primary amides is 1. The first-order valence-electron chi connectivity index (χ1n) is 6.78. The zero-order valence-corrected chi connectivity index (χ0v) is 14.0. The number of aromatic hydroxyl groups is 1. The number of amides is 1. The molecule has 0 fully saturated rings. The molecular weight excluding hydrogens is 324 g/mol. The van der Waals surface area contributed by atoms with E-state index in [9.17, 15) is 9.90 Å². The molecule has 4 N–H and O–H groups in total. The molecule has 0 aromatic carbocycles. The van der Waals surface area contributed by atoms with Crippen molar-refractivity contribution in [2.24, 2.45) is 11.7 Å². The van der Waals surface area contributed by atoms with Gasteiger partial charge in [-0.1, -0.05) is 13.8 Å². The Balaban J connectivity index is 0.000000871. The zero-order valence-electron chi connectivity index (χ0n) is 13.2. The summed E-state index contributed by atoms with van der Waals surface area (Å²) in [7, 11) is 0. The van der Waals surface area contributed by atoms with Crippen LogP contribution in [0.15, 0.2) is 12.4 Å². The van der Waals surface area contributed by atoms with Crippen LogP contribution in [0.25, 0.3) is 5.65 Å². The second-order valence-corrected chi connectivity index (χ2v) is 5.21. The highest BCUT2D eigenvalue weighted by molar-refractivity contribution is 6.01. The van der Waals surface area contributed by atoms with E-state index in [0.717, 1.165) is 25.5 Å². The van der Waals surface area contributed by atoms with Crippen LogP contribution in [-0.4, -0.2) is 36.7 Å². The molecule has 9 heteroatoms. The van der Waals surface area contributed by atoms with Gasteiger partial charge in [0.2, 0.25) is 0 Å². The average Bonchev–Trinajstić information content (AvgIpc) is 2.83. The number of carboxylic acid groups (broad SMARTS) is 1. The molecule has 2 heterocycles. The first-order chi connectivity index (χ1) is 10.2. The lowest BCUT2D eigenvalue weighted by Gasteiger charge is -2.09. The van der Waals surface area contributed by atoms with Crippen molar-refractivity contribution in [3.8, 4) is 5.75 Å². The molecule has 2 aromatic rings. The van der Waals surface area contributed by atoms with E-state index in [1.807, 2.05) is 0 Å². The lowest BCUT2D eigenvalue weighted by Crippen LogP contribution is -2.14. The number of aryl methyl sites for hydroxylation is 1. The van der Waals surface area contributed by atoms with Gasteiger partial charge in [-0.05, 0) is 18.8 Å². The third-order valence-corrected chi connectivity index (χ3v) is 2.83. The Labute approximate surface area is 139 Å². The Morgan fingerprint density at radius 3 is 2.43 bits per heavy atom. The standard InChI is InChI=1S/C12H16N4O2.C2H4O2.ClH/c1-7(2)3-4-8-5-9(17)10(11(13)18)12-14-6-15-16(8)12;1-2(3)4;/h5-7,17H,3-4H2,1-2H3,(H2,13,18);1H3,(H,3,4);1H. The molecule has 2 aromatic heterocycles. The molecular formula is C14H21ClN4O4. The van der Waals surface area contributed by atoms with Gasteiger partial charge in [0.25, 0.3) is 11.9 Å². The number of nitrogens with two attached hydrogens (primary N) is 1. The van der Waals surface area contributed by atoms with Crippen LogP contribution in [0, 0.1) is 5.92 Å². The molecule has 0 saturated heterocycles.